The van der Waals surface area contributed by atoms with Crippen molar-refractivity contribution < 1.29 is 0 Å². The van der Waals surface area contributed by atoms with Gasteiger partial charge in [-0.25, -0.2) is 4.98 Å². The number of nitrogens with zero attached hydrogens (tertiary/aromatic N) is 3. The van der Waals surface area contributed by atoms with Crippen LogP contribution in [0.1, 0.15) is 40.4 Å². The van der Waals surface area contributed by atoms with Gasteiger partial charge in [0.1, 0.15) is 0 Å². The molecule has 1 unspecified atom stereocenters. The zero-order valence-electron chi connectivity index (χ0n) is 10.8. The average molecular weight is 219 g/mol. The highest BCUT2D eigenvalue weighted by atomic mass is 15.1. The highest BCUT2D eigenvalue weighted by molar-refractivity contribution is 5.77. The molecule has 0 spiro atoms. The lowest BCUT2D eigenvalue weighted by atomic mass is 9.89. The van der Waals surface area contributed by atoms with Crippen molar-refractivity contribution in [3.63, 3.8) is 0 Å². The van der Waals surface area contributed by atoms with Crippen LogP contribution in [-0.2, 0) is 0 Å². The van der Waals surface area contributed by atoms with Gasteiger partial charge in [-0.2, -0.15) is 0 Å². The number of fused-ring (bicyclic) bond motifs is 1. The van der Waals surface area contributed by atoms with Crippen LogP contribution in [0.2, 0.25) is 0 Å². The summed E-state index contributed by atoms with van der Waals surface area (Å²) >= 11 is 0. The maximum absolute atomic E-state index is 4.57. The normalized spacial score (nSPS) is 22.4. The van der Waals surface area contributed by atoms with Crippen molar-refractivity contribution in [3.8, 4) is 0 Å². The van der Waals surface area contributed by atoms with Crippen LogP contribution in [0.15, 0.2) is 23.5 Å². The molecule has 1 aromatic rings. The predicted molar refractivity (Wildman–Crippen MR) is 69.7 cm³/mol. The quantitative estimate of drug-likeness (QED) is 0.713. The second-order valence-electron chi connectivity index (χ2n) is 4.15. The lowest BCUT2D eigenvalue weighted by molar-refractivity contribution is 0.426. The van der Waals surface area contributed by atoms with Crippen LogP contribution in [0.25, 0.3) is 6.20 Å². The molecule has 88 valence electrons. The van der Waals surface area contributed by atoms with Gasteiger partial charge in [-0.15, -0.1) is 0 Å². The van der Waals surface area contributed by atoms with E-state index in [4.69, 9.17) is 0 Å². The second-order valence-corrected chi connectivity index (χ2v) is 4.15. The third-order valence-corrected chi connectivity index (χ3v) is 2.90. The Morgan fingerprint density at radius 2 is 2.00 bits per heavy atom. The topological polar surface area (TPSA) is 30.2 Å². The van der Waals surface area contributed by atoms with Crippen LogP contribution in [0.3, 0.4) is 0 Å². The van der Waals surface area contributed by atoms with E-state index in [0.717, 1.165) is 5.82 Å². The minimum Gasteiger partial charge on any atom is -0.306 e. The summed E-state index contributed by atoms with van der Waals surface area (Å²) in [6.45, 7) is 10.5. The van der Waals surface area contributed by atoms with Crippen LogP contribution in [-0.4, -0.2) is 21.3 Å². The van der Waals surface area contributed by atoms with E-state index in [1.54, 1.807) is 6.20 Å². The molecule has 0 bridgehead atoms. The summed E-state index contributed by atoms with van der Waals surface area (Å²) in [5, 5.41) is 0. The first-order valence-electron chi connectivity index (χ1n) is 5.89. The highest BCUT2D eigenvalue weighted by Crippen LogP contribution is 2.24. The molecule has 3 nitrogen and oxygen atoms in total. The molecule has 16 heavy (non-hydrogen) atoms. The molecule has 1 atom stereocenters. The third-order valence-electron chi connectivity index (χ3n) is 2.90. The highest BCUT2D eigenvalue weighted by Gasteiger charge is 2.25. The summed E-state index contributed by atoms with van der Waals surface area (Å²) in [5.74, 6) is 1.38. The van der Waals surface area contributed by atoms with Gasteiger partial charge in [0.25, 0.3) is 0 Å². The van der Waals surface area contributed by atoms with E-state index in [0.29, 0.717) is 5.92 Å². The largest absolute Gasteiger partial charge is 0.306 e. The van der Waals surface area contributed by atoms with Crippen molar-refractivity contribution in [2.75, 3.05) is 0 Å². The summed E-state index contributed by atoms with van der Waals surface area (Å²) in [5.41, 5.74) is -0.110. The van der Waals surface area contributed by atoms with Crippen LogP contribution in [0.5, 0.6) is 0 Å². The fourth-order valence-corrected chi connectivity index (χ4v) is 1.36. The minimum atomic E-state index is -0.110. The van der Waals surface area contributed by atoms with Crippen molar-refractivity contribution in [2.45, 2.75) is 40.2 Å². The van der Waals surface area contributed by atoms with Gasteiger partial charge < -0.3 is 4.57 Å². The Balaban J connectivity index is 0.000000606. The van der Waals surface area contributed by atoms with Gasteiger partial charge in [-0.05, 0) is 18.9 Å². The third kappa shape index (κ3) is 2.40. The summed E-state index contributed by atoms with van der Waals surface area (Å²) in [6.07, 6.45) is 9.73. The molecule has 0 fully saturated rings. The number of rotatable bonds is 1. The van der Waals surface area contributed by atoms with Gasteiger partial charge in [0.15, 0.2) is 5.82 Å². The van der Waals surface area contributed by atoms with Crippen LogP contribution in [0, 0.1) is 5.92 Å². The first kappa shape index (κ1) is 12.7. The fraction of sp³-hybridized carbons (Fsp3) is 0.538. The van der Waals surface area contributed by atoms with Gasteiger partial charge in [0.2, 0.25) is 0 Å². The molecule has 0 saturated heterocycles. The molecule has 1 aromatic heterocycles. The first-order valence-corrected chi connectivity index (χ1v) is 5.89. The smallest absolute Gasteiger partial charge is 0.154 e. The number of aliphatic imine (C=N–C) groups is 1. The second kappa shape index (κ2) is 5.10. The molecule has 0 saturated carbocycles. The SMILES string of the molecule is CC.CC(C)C1(C)C=Cn2ccnc2C=N1. The van der Waals surface area contributed by atoms with Gasteiger partial charge in [0, 0.05) is 18.6 Å². The van der Waals surface area contributed by atoms with Crippen molar-refractivity contribution in [3.05, 3.63) is 24.3 Å². The molecule has 0 radical (unpaired) electrons. The van der Waals surface area contributed by atoms with E-state index >= 15 is 0 Å². The fourth-order valence-electron chi connectivity index (χ4n) is 1.36. The molecule has 1 aliphatic heterocycles. The zero-order chi connectivity index (χ0) is 12.2. The number of imidazole rings is 1. The van der Waals surface area contributed by atoms with E-state index in [1.165, 1.54) is 0 Å². The predicted octanol–water partition coefficient (Wildman–Crippen LogP) is 3.23. The van der Waals surface area contributed by atoms with Crippen molar-refractivity contribution in [2.24, 2.45) is 10.9 Å². The van der Waals surface area contributed by atoms with Gasteiger partial charge in [-0.3, -0.25) is 4.99 Å². The van der Waals surface area contributed by atoms with E-state index < -0.39 is 0 Å². The molecule has 0 N–H and O–H groups in total. The summed E-state index contributed by atoms with van der Waals surface area (Å²) in [4.78, 5) is 8.78. The Morgan fingerprint density at radius 3 is 2.62 bits per heavy atom. The molecular weight excluding hydrogens is 198 g/mol. The maximum Gasteiger partial charge on any atom is 0.154 e. The standard InChI is InChI=1S/C11H15N3.C2H6/c1-9(2)11(3)4-6-14-7-5-12-10(14)8-13-11;1-2/h4-9H,1-3H3;1-2H3. The van der Waals surface area contributed by atoms with Gasteiger partial charge in [-0.1, -0.05) is 27.7 Å². The minimum absolute atomic E-state index is 0.110. The van der Waals surface area contributed by atoms with E-state index in [1.807, 2.05) is 37.0 Å². The molecule has 2 heterocycles. The number of hydrogen-bond acceptors (Lipinski definition) is 2. The Hall–Kier alpha value is -1.38. The molecule has 0 amide bonds. The molecule has 1 aliphatic rings. The molecular formula is C13H21N3. The van der Waals surface area contributed by atoms with Gasteiger partial charge in [0.05, 0.1) is 11.8 Å². The van der Waals surface area contributed by atoms with Crippen molar-refractivity contribution in [1.29, 1.82) is 0 Å². The number of hydrogen-bond donors (Lipinski definition) is 0. The summed E-state index contributed by atoms with van der Waals surface area (Å²) < 4.78 is 1.98. The Bertz CT molecular complexity index is 357. The number of aromatic nitrogens is 2. The molecule has 3 heteroatoms. The molecule has 0 aliphatic carbocycles. The van der Waals surface area contributed by atoms with E-state index in [9.17, 15) is 0 Å². The Morgan fingerprint density at radius 1 is 1.31 bits per heavy atom. The van der Waals surface area contributed by atoms with Crippen LogP contribution >= 0.6 is 0 Å². The van der Waals surface area contributed by atoms with Gasteiger partial charge >= 0.3 is 0 Å². The maximum atomic E-state index is 4.57. The van der Waals surface area contributed by atoms with Crippen LogP contribution in [0.4, 0.5) is 0 Å². The first-order chi connectivity index (χ1) is 7.62. The summed E-state index contributed by atoms with van der Waals surface area (Å²) in [6, 6.07) is 0. The molecule has 0 aromatic carbocycles. The van der Waals surface area contributed by atoms with E-state index in [2.05, 4.69) is 36.8 Å². The van der Waals surface area contributed by atoms with E-state index in [-0.39, 0.29) is 5.54 Å². The zero-order valence-corrected chi connectivity index (χ0v) is 10.8. The summed E-state index contributed by atoms with van der Waals surface area (Å²) in [7, 11) is 0. The monoisotopic (exact) mass is 219 g/mol. The van der Waals surface area contributed by atoms with Crippen LogP contribution < -0.4 is 0 Å². The van der Waals surface area contributed by atoms with Crippen molar-refractivity contribution in [1.82, 2.24) is 9.55 Å². The lowest BCUT2D eigenvalue weighted by Gasteiger charge is -2.24. The lowest BCUT2D eigenvalue weighted by Crippen LogP contribution is -2.25. The Kier molecular flexibility index (Phi) is 4.05. The van der Waals surface area contributed by atoms with Crippen molar-refractivity contribution >= 4 is 12.4 Å². The molecule has 2 rings (SSSR count). The average Bonchev–Trinajstić information content (AvgIpc) is 2.67. The Labute approximate surface area is 97.9 Å².